The topological polar surface area (TPSA) is 81.0 Å². The molecular weight excluding hydrogens is 322 g/mol. The number of benzene rings is 1. The molecule has 0 aliphatic carbocycles. The zero-order valence-electron chi connectivity index (χ0n) is 11.0. The van der Waals surface area contributed by atoms with Gasteiger partial charge in [0.25, 0.3) is 5.56 Å². The largest absolute Gasteiger partial charge is 0.496 e. The van der Waals surface area contributed by atoms with Gasteiger partial charge in [-0.2, -0.15) is 5.26 Å². The van der Waals surface area contributed by atoms with Crippen molar-refractivity contribution in [2.75, 3.05) is 12.8 Å². The van der Waals surface area contributed by atoms with Crippen molar-refractivity contribution in [1.29, 1.82) is 5.26 Å². The molecule has 0 amide bonds. The minimum atomic E-state index is -0.408. The maximum atomic E-state index is 12.0. The summed E-state index contributed by atoms with van der Waals surface area (Å²) >= 11 is 3.38. The molecule has 6 heteroatoms. The Hall–Kier alpha value is -2.26. The third kappa shape index (κ3) is 2.28. The van der Waals surface area contributed by atoms with E-state index in [1.165, 1.54) is 11.6 Å². The van der Waals surface area contributed by atoms with Crippen molar-refractivity contribution in [3.8, 4) is 22.9 Å². The van der Waals surface area contributed by atoms with Crippen LogP contribution in [0, 0.1) is 11.3 Å². The number of hydrogen-bond donors (Lipinski definition) is 1. The number of halogens is 1. The number of rotatable bonds is 2. The predicted octanol–water partition coefficient (Wildman–Crippen LogP) is 2.28. The summed E-state index contributed by atoms with van der Waals surface area (Å²) in [5, 5.41) is 9.21. The number of nitrogens with zero attached hydrogens (tertiary/aromatic N) is 2. The van der Waals surface area contributed by atoms with E-state index in [1.54, 1.807) is 31.4 Å². The van der Waals surface area contributed by atoms with Crippen molar-refractivity contribution < 1.29 is 4.74 Å². The number of nitrogen functional groups attached to an aromatic ring is 1. The van der Waals surface area contributed by atoms with E-state index in [9.17, 15) is 10.1 Å². The quantitative estimate of drug-likeness (QED) is 0.914. The van der Waals surface area contributed by atoms with Crippen molar-refractivity contribution in [2.45, 2.75) is 0 Å². The van der Waals surface area contributed by atoms with Crippen LogP contribution in [-0.4, -0.2) is 11.7 Å². The summed E-state index contributed by atoms with van der Waals surface area (Å²) in [7, 11) is 3.10. The molecule has 2 rings (SSSR count). The van der Waals surface area contributed by atoms with Crippen molar-refractivity contribution in [1.82, 2.24) is 4.57 Å². The van der Waals surface area contributed by atoms with Crippen LogP contribution >= 0.6 is 15.9 Å². The van der Waals surface area contributed by atoms with Gasteiger partial charge >= 0.3 is 0 Å². The van der Waals surface area contributed by atoms with Gasteiger partial charge in [-0.15, -0.1) is 0 Å². The molecule has 0 saturated heterocycles. The molecule has 5 nitrogen and oxygen atoms in total. The fourth-order valence-corrected chi connectivity index (χ4v) is 2.43. The van der Waals surface area contributed by atoms with Gasteiger partial charge < -0.3 is 10.5 Å². The van der Waals surface area contributed by atoms with E-state index in [0.717, 1.165) is 10.0 Å². The van der Waals surface area contributed by atoms with Gasteiger partial charge in [-0.25, -0.2) is 0 Å². The Morgan fingerprint density at radius 2 is 2.10 bits per heavy atom. The summed E-state index contributed by atoms with van der Waals surface area (Å²) in [6, 6.07) is 8.88. The van der Waals surface area contributed by atoms with Crippen LogP contribution in [-0.2, 0) is 7.05 Å². The lowest BCUT2D eigenvalue weighted by Crippen LogP contribution is -2.23. The molecular formula is C14H12BrN3O2. The first-order valence-electron chi connectivity index (χ1n) is 5.73. The lowest BCUT2D eigenvalue weighted by Gasteiger charge is -2.11. The highest BCUT2D eigenvalue weighted by atomic mass is 79.9. The average molecular weight is 334 g/mol. The second kappa shape index (κ2) is 5.39. The Balaban J connectivity index is 2.74. The first-order valence-corrected chi connectivity index (χ1v) is 6.52. The van der Waals surface area contributed by atoms with Crippen LogP contribution in [0.1, 0.15) is 5.56 Å². The zero-order chi connectivity index (χ0) is 14.9. The van der Waals surface area contributed by atoms with E-state index in [4.69, 9.17) is 10.5 Å². The molecule has 0 unspecified atom stereocenters. The molecule has 20 heavy (non-hydrogen) atoms. The van der Waals surface area contributed by atoms with Crippen LogP contribution in [0.5, 0.6) is 5.75 Å². The third-order valence-electron chi connectivity index (χ3n) is 3.04. The summed E-state index contributed by atoms with van der Waals surface area (Å²) in [6.07, 6.45) is 0. The fraction of sp³-hybridized carbons (Fsp3) is 0.143. The standard InChI is InChI=1S/C14H12BrN3O2/c1-18-13(17)6-9(10(7-16)14(18)19)8-3-4-12(20-2)11(15)5-8/h3-6H,17H2,1-2H3. The molecule has 2 N–H and O–H groups in total. The van der Waals surface area contributed by atoms with Crippen LogP contribution < -0.4 is 16.0 Å². The molecule has 0 atom stereocenters. The first kappa shape index (κ1) is 14.2. The van der Waals surface area contributed by atoms with E-state index < -0.39 is 5.56 Å². The number of aromatic nitrogens is 1. The van der Waals surface area contributed by atoms with Crippen molar-refractivity contribution >= 4 is 21.7 Å². The molecule has 1 aromatic carbocycles. The Bertz CT molecular complexity index is 775. The van der Waals surface area contributed by atoms with Gasteiger partial charge in [0, 0.05) is 12.6 Å². The monoisotopic (exact) mass is 333 g/mol. The van der Waals surface area contributed by atoms with E-state index in [2.05, 4.69) is 15.9 Å². The summed E-state index contributed by atoms with van der Waals surface area (Å²) in [6.45, 7) is 0. The number of methoxy groups -OCH3 is 1. The van der Waals surface area contributed by atoms with E-state index in [1.807, 2.05) is 6.07 Å². The molecule has 2 aromatic rings. The van der Waals surface area contributed by atoms with Gasteiger partial charge in [0.05, 0.1) is 11.6 Å². The molecule has 0 aliphatic rings. The highest BCUT2D eigenvalue weighted by molar-refractivity contribution is 9.10. The summed E-state index contributed by atoms with van der Waals surface area (Å²) in [5.41, 5.74) is 6.69. The minimum absolute atomic E-state index is 0.0683. The van der Waals surface area contributed by atoms with E-state index in [0.29, 0.717) is 17.1 Å². The fourth-order valence-electron chi connectivity index (χ4n) is 1.89. The molecule has 0 saturated carbocycles. The number of nitriles is 1. The lowest BCUT2D eigenvalue weighted by atomic mass is 10.0. The van der Waals surface area contributed by atoms with Crippen LogP contribution in [0.4, 0.5) is 5.82 Å². The molecule has 0 radical (unpaired) electrons. The highest BCUT2D eigenvalue weighted by Crippen LogP contribution is 2.31. The number of anilines is 1. The summed E-state index contributed by atoms with van der Waals surface area (Å²) in [5.74, 6) is 0.972. The Kier molecular flexibility index (Phi) is 3.81. The number of ether oxygens (including phenoxy) is 1. The van der Waals surface area contributed by atoms with Crippen molar-refractivity contribution in [3.63, 3.8) is 0 Å². The first-order chi connectivity index (χ1) is 9.49. The predicted molar refractivity (Wildman–Crippen MR) is 80.5 cm³/mol. The molecule has 102 valence electrons. The van der Waals surface area contributed by atoms with Gasteiger partial charge in [-0.3, -0.25) is 9.36 Å². The Labute approximate surface area is 124 Å². The summed E-state index contributed by atoms with van der Waals surface area (Å²) in [4.78, 5) is 12.0. The van der Waals surface area contributed by atoms with Gasteiger partial charge in [0.1, 0.15) is 23.2 Å². The number of hydrogen-bond acceptors (Lipinski definition) is 4. The maximum Gasteiger partial charge on any atom is 0.270 e. The normalized spacial score (nSPS) is 10.1. The van der Waals surface area contributed by atoms with Crippen LogP contribution in [0.3, 0.4) is 0 Å². The third-order valence-corrected chi connectivity index (χ3v) is 3.66. The molecule has 1 heterocycles. The average Bonchev–Trinajstić information content (AvgIpc) is 2.44. The molecule has 0 bridgehead atoms. The van der Waals surface area contributed by atoms with Gasteiger partial charge in [0.15, 0.2) is 0 Å². The van der Waals surface area contributed by atoms with E-state index >= 15 is 0 Å². The van der Waals surface area contributed by atoms with Crippen LogP contribution in [0.2, 0.25) is 0 Å². The number of nitrogens with two attached hydrogens (primary N) is 1. The SMILES string of the molecule is COc1ccc(-c2cc(N)n(C)c(=O)c2C#N)cc1Br. The number of pyridine rings is 1. The van der Waals surface area contributed by atoms with Crippen LogP contribution in [0.25, 0.3) is 11.1 Å². The minimum Gasteiger partial charge on any atom is -0.496 e. The Morgan fingerprint density at radius 1 is 1.40 bits per heavy atom. The Morgan fingerprint density at radius 3 is 2.65 bits per heavy atom. The zero-order valence-corrected chi connectivity index (χ0v) is 12.6. The van der Waals surface area contributed by atoms with Gasteiger partial charge in [-0.1, -0.05) is 6.07 Å². The highest BCUT2D eigenvalue weighted by Gasteiger charge is 2.14. The van der Waals surface area contributed by atoms with Crippen molar-refractivity contribution in [3.05, 3.63) is 44.7 Å². The maximum absolute atomic E-state index is 12.0. The van der Waals surface area contributed by atoms with E-state index in [-0.39, 0.29) is 5.56 Å². The smallest absolute Gasteiger partial charge is 0.270 e. The van der Waals surface area contributed by atoms with Gasteiger partial charge in [-0.05, 0) is 39.7 Å². The second-order valence-corrected chi connectivity index (χ2v) is 5.04. The molecule has 0 spiro atoms. The van der Waals surface area contributed by atoms with Gasteiger partial charge in [0.2, 0.25) is 0 Å². The summed E-state index contributed by atoms with van der Waals surface area (Å²) < 4.78 is 7.14. The molecule has 0 aliphatic heterocycles. The van der Waals surface area contributed by atoms with Crippen LogP contribution in [0.15, 0.2) is 33.5 Å². The molecule has 1 aromatic heterocycles. The second-order valence-electron chi connectivity index (χ2n) is 4.18. The molecule has 0 fully saturated rings. The van der Waals surface area contributed by atoms with Crippen molar-refractivity contribution in [2.24, 2.45) is 7.05 Å². The lowest BCUT2D eigenvalue weighted by molar-refractivity contribution is 0.412.